The second-order valence-electron chi connectivity index (χ2n) is 3.12. The maximum Gasteiger partial charge on any atom is 0.343 e. The van der Waals surface area contributed by atoms with Crippen molar-refractivity contribution >= 4 is 31.4 Å². The molecule has 0 saturated heterocycles. The summed E-state index contributed by atoms with van der Waals surface area (Å²) in [4.78, 5) is 3.68. The van der Waals surface area contributed by atoms with Crippen LogP contribution in [0.15, 0.2) is 22.5 Å². The van der Waals surface area contributed by atoms with E-state index in [4.69, 9.17) is 4.74 Å². The highest BCUT2D eigenvalue weighted by molar-refractivity contribution is 7.93. The van der Waals surface area contributed by atoms with Crippen molar-refractivity contribution < 1.29 is 21.9 Å². The predicted octanol–water partition coefficient (Wildman–Crippen LogP) is 2.30. The number of thiazole rings is 1. The van der Waals surface area contributed by atoms with E-state index in [2.05, 4.69) is 4.98 Å². The molecule has 92 valence electrons. The van der Waals surface area contributed by atoms with Gasteiger partial charge in [-0.3, -0.25) is 0 Å². The molecule has 0 fully saturated rings. The first-order valence-corrected chi connectivity index (χ1v) is 6.78. The molecule has 0 aliphatic rings. The quantitative estimate of drug-likeness (QED) is 0.865. The topological polar surface area (TPSA) is 56.3 Å². The highest BCUT2D eigenvalue weighted by atomic mass is 32.2. The number of ether oxygens (including phenoxy) is 1. The average molecular weight is 279 g/mol. The van der Waals surface area contributed by atoms with E-state index in [0.717, 1.165) is 0 Å². The minimum absolute atomic E-state index is 0.357. The fourth-order valence-electron chi connectivity index (χ4n) is 1.21. The molecule has 0 saturated carbocycles. The molecular weight excluding hydrogens is 272 g/mol. The summed E-state index contributed by atoms with van der Waals surface area (Å²) in [5.41, 5.74) is 0.357. The van der Waals surface area contributed by atoms with Crippen LogP contribution in [0.25, 0.3) is 10.2 Å². The number of nitrogens with zero attached hydrogens (tertiary/aromatic N) is 1. The van der Waals surface area contributed by atoms with Crippen LogP contribution < -0.4 is 4.74 Å². The van der Waals surface area contributed by atoms with Crippen molar-refractivity contribution in [2.75, 3.05) is 7.11 Å². The Morgan fingerprint density at radius 2 is 2.12 bits per heavy atom. The van der Waals surface area contributed by atoms with Crippen LogP contribution in [-0.4, -0.2) is 26.3 Å². The van der Waals surface area contributed by atoms with Gasteiger partial charge in [-0.1, -0.05) is 0 Å². The third-order valence-electron chi connectivity index (χ3n) is 2.05. The van der Waals surface area contributed by atoms with E-state index in [1.807, 2.05) is 0 Å². The first-order valence-electron chi connectivity index (χ1n) is 4.42. The van der Waals surface area contributed by atoms with Gasteiger partial charge in [0, 0.05) is 0 Å². The molecule has 0 atom stereocenters. The number of rotatable bonds is 3. The summed E-state index contributed by atoms with van der Waals surface area (Å²) >= 11 is 0.703. The number of hydrogen-bond donors (Lipinski definition) is 0. The molecule has 4 nitrogen and oxygen atoms in total. The summed E-state index contributed by atoms with van der Waals surface area (Å²) in [7, 11) is -3.17. The first kappa shape index (κ1) is 12.2. The number of aromatic nitrogens is 1. The SMILES string of the molecule is COc1ccc2nc(S(=O)(=O)C(F)F)sc2c1. The van der Waals surface area contributed by atoms with Crippen molar-refractivity contribution in [3.8, 4) is 5.75 Å². The van der Waals surface area contributed by atoms with Crippen molar-refractivity contribution in [3.63, 3.8) is 0 Å². The van der Waals surface area contributed by atoms with E-state index in [1.165, 1.54) is 13.2 Å². The lowest BCUT2D eigenvalue weighted by Gasteiger charge is -1.96. The van der Waals surface area contributed by atoms with Gasteiger partial charge in [0.2, 0.25) is 4.34 Å². The third kappa shape index (κ3) is 2.09. The van der Waals surface area contributed by atoms with Crippen LogP contribution in [0.2, 0.25) is 0 Å². The summed E-state index contributed by atoms with van der Waals surface area (Å²) in [5.74, 6) is -2.94. The molecule has 0 spiro atoms. The highest BCUT2D eigenvalue weighted by Crippen LogP contribution is 2.30. The smallest absolute Gasteiger partial charge is 0.343 e. The Hall–Kier alpha value is -1.28. The van der Waals surface area contributed by atoms with E-state index >= 15 is 0 Å². The van der Waals surface area contributed by atoms with Crippen LogP contribution >= 0.6 is 11.3 Å². The van der Waals surface area contributed by atoms with Crippen LogP contribution in [0, 0.1) is 0 Å². The Bertz CT molecular complexity index is 651. The minimum atomic E-state index is -4.63. The lowest BCUT2D eigenvalue weighted by Crippen LogP contribution is -2.10. The van der Waals surface area contributed by atoms with Gasteiger partial charge in [-0.25, -0.2) is 13.4 Å². The highest BCUT2D eigenvalue weighted by Gasteiger charge is 2.30. The second kappa shape index (κ2) is 4.19. The Kier molecular flexibility index (Phi) is 3.00. The number of fused-ring (bicyclic) bond motifs is 1. The van der Waals surface area contributed by atoms with Crippen molar-refractivity contribution in [2.45, 2.75) is 10.1 Å². The molecule has 0 bridgehead atoms. The molecule has 0 N–H and O–H groups in total. The van der Waals surface area contributed by atoms with Gasteiger partial charge in [-0.05, 0) is 18.2 Å². The first-order chi connectivity index (χ1) is 7.95. The number of alkyl halides is 2. The largest absolute Gasteiger partial charge is 0.497 e. The lowest BCUT2D eigenvalue weighted by molar-refractivity contribution is 0.234. The molecule has 8 heteroatoms. The average Bonchev–Trinajstić information content (AvgIpc) is 2.71. The number of halogens is 2. The molecule has 0 radical (unpaired) electrons. The predicted molar refractivity (Wildman–Crippen MR) is 59.4 cm³/mol. The number of methoxy groups -OCH3 is 1. The summed E-state index contributed by atoms with van der Waals surface area (Å²) in [6.07, 6.45) is 0. The third-order valence-corrected chi connectivity index (χ3v) is 4.86. The molecule has 2 aromatic rings. The van der Waals surface area contributed by atoms with Gasteiger partial charge in [0.15, 0.2) is 0 Å². The zero-order valence-corrected chi connectivity index (χ0v) is 10.2. The van der Waals surface area contributed by atoms with Crippen LogP contribution in [-0.2, 0) is 9.84 Å². The molecule has 0 amide bonds. The number of hydrogen-bond acceptors (Lipinski definition) is 5. The van der Waals surface area contributed by atoms with Gasteiger partial charge in [0.25, 0.3) is 9.84 Å². The van der Waals surface area contributed by atoms with Crippen molar-refractivity contribution in [1.29, 1.82) is 0 Å². The summed E-state index contributed by atoms with van der Waals surface area (Å²) < 4.78 is 52.0. The van der Waals surface area contributed by atoms with E-state index in [9.17, 15) is 17.2 Å². The molecular formula is C9H7F2NO3S2. The normalized spacial score (nSPS) is 12.2. The van der Waals surface area contributed by atoms with Crippen molar-refractivity contribution in [2.24, 2.45) is 0 Å². The van der Waals surface area contributed by atoms with Crippen LogP contribution in [0.1, 0.15) is 0 Å². The van der Waals surface area contributed by atoms with Crippen molar-refractivity contribution in [3.05, 3.63) is 18.2 Å². The Labute approximate surface area is 99.8 Å². The van der Waals surface area contributed by atoms with Crippen LogP contribution in [0.5, 0.6) is 5.75 Å². The van der Waals surface area contributed by atoms with Crippen LogP contribution in [0.3, 0.4) is 0 Å². The van der Waals surface area contributed by atoms with Crippen LogP contribution in [0.4, 0.5) is 8.78 Å². The standard InChI is InChI=1S/C9H7F2NO3S2/c1-15-5-2-3-6-7(4-5)16-9(12-6)17(13,14)8(10)11/h2-4,8H,1H3. The summed E-state index contributed by atoms with van der Waals surface area (Å²) in [6.45, 7) is 0. The summed E-state index contributed by atoms with van der Waals surface area (Å²) in [5, 5.41) is 0. The monoisotopic (exact) mass is 279 g/mol. The second-order valence-corrected chi connectivity index (χ2v) is 6.24. The molecule has 1 aromatic heterocycles. The van der Waals surface area contributed by atoms with E-state index < -0.39 is 19.9 Å². The van der Waals surface area contributed by atoms with E-state index in [-0.39, 0.29) is 0 Å². The van der Waals surface area contributed by atoms with Gasteiger partial charge < -0.3 is 4.74 Å². The molecule has 2 rings (SSSR count). The summed E-state index contributed by atoms with van der Waals surface area (Å²) in [6, 6.07) is 4.66. The molecule has 1 heterocycles. The molecule has 1 aromatic carbocycles. The van der Waals surface area contributed by atoms with Crippen molar-refractivity contribution in [1.82, 2.24) is 4.98 Å². The number of benzene rings is 1. The van der Waals surface area contributed by atoms with Gasteiger partial charge >= 0.3 is 5.76 Å². The zero-order valence-electron chi connectivity index (χ0n) is 8.55. The maximum absolute atomic E-state index is 12.3. The van der Waals surface area contributed by atoms with Gasteiger partial charge in [-0.15, -0.1) is 11.3 Å². The minimum Gasteiger partial charge on any atom is -0.497 e. The molecule has 0 aliphatic carbocycles. The Morgan fingerprint density at radius 1 is 1.41 bits per heavy atom. The molecule has 17 heavy (non-hydrogen) atoms. The Balaban J connectivity index is 2.59. The fourth-order valence-corrected chi connectivity index (χ4v) is 3.26. The Morgan fingerprint density at radius 3 is 2.71 bits per heavy atom. The maximum atomic E-state index is 12.3. The fraction of sp³-hybridized carbons (Fsp3) is 0.222. The molecule has 0 aliphatic heterocycles. The molecule has 0 unspecified atom stereocenters. The van der Waals surface area contributed by atoms with Gasteiger partial charge in [0.1, 0.15) is 5.75 Å². The lowest BCUT2D eigenvalue weighted by atomic mass is 10.3. The van der Waals surface area contributed by atoms with E-state index in [0.29, 0.717) is 27.3 Å². The number of sulfone groups is 1. The zero-order chi connectivity index (χ0) is 12.6. The van der Waals surface area contributed by atoms with Gasteiger partial charge in [-0.2, -0.15) is 8.78 Å². The van der Waals surface area contributed by atoms with E-state index in [1.54, 1.807) is 12.1 Å². The van der Waals surface area contributed by atoms with Gasteiger partial charge in [0.05, 0.1) is 17.3 Å².